The summed E-state index contributed by atoms with van der Waals surface area (Å²) in [7, 11) is 0.956. The largest absolute Gasteiger partial charge is 0.334 e. The molecule has 0 aliphatic rings. The van der Waals surface area contributed by atoms with Gasteiger partial charge < -0.3 is 4.81 Å². The molecule has 0 bridgehead atoms. The first kappa shape index (κ1) is 9.20. The molecule has 0 atom stereocenters. The summed E-state index contributed by atoms with van der Waals surface area (Å²) >= 11 is 0. The fourth-order valence-electron chi connectivity index (χ4n) is 0.328. The fraction of sp³-hybridized carbons (Fsp3) is 1.00. The maximum atomic E-state index is 4.85. The first-order valence-electron chi connectivity index (χ1n) is 3.20. The summed E-state index contributed by atoms with van der Waals surface area (Å²) in [5, 5.41) is 0. The van der Waals surface area contributed by atoms with Crippen molar-refractivity contribution < 1.29 is 9.69 Å². The van der Waals surface area contributed by atoms with Crippen LogP contribution >= 0.6 is 0 Å². The molecule has 4 heteroatoms. The smallest absolute Gasteiger partial charge is 0.306 e. The summed E-state index contributed by atoms with van der Waals surface area (Å²) in [5.74, 6) is 0. The molecule has 0 rings (SSSR count). The third-order valence-electron chi connectivity index (χ3n) is 0.696. The van der Waals surface area contributed by atoms with Crippen molar-refractivity contribution in [3.63, 3.8) is 0 Å². The zero-order valence-electron chi connectivity index (χ0n) is 6.31. The lowest BCUT2D eigenvalue weighted by atomic mass is 9.76. The summed E-state index contributed by atoms with van der Waals surface area (Å²) < 4.78 is 0. The molecule has 52 valence electrons. The molecule has 0 aliphatic carbocycles. The SMILES string of the molecule is C[Si]CCOOB(C)C. The molecule has 2 nitrogen and oxygen atoms in total. The second-order valence-corrected chi connectivity index (χ2v) is 3.28. The van der Waals surface area contributed by atoms with Gasteiger partial charge in [-0.1, -0.05) is 20.2 Å². The Labute approximate surface area is 59.8 Å². The Kier molecular flexibility index (Phi) is 6.47. The summed E-state index contributed by atoms with van der Waals surface area (Å²) in [5.41, 5.74) is 0. The number of rotatable bonds is 5. The van der Waals surface area contributed by atoms with Crippen molar-refractivity contribution in [2.75, 3.05) is 6.61 Å². The Morgan fingerprint density at radius 1 is 1.44 bits per heavy atom. The van der Waals surface area contributed by atoms with Gasteiger partial charge in [0.1, 0.15) is 0 Å². The van der Waals surface area contributed by atoms with Crippen LogP contribution in [-0.4, -0.2) is 23.0 Å². The van der Waals surface area contributed by atoms with E-state index in [0.717, 1.165) is 22.2 Å². The first-order valence-corrected chi connectivity index (χ1v) is 4.91. The van der Waals surface area contributed by atoms with Crippen LogP contribution in [0.5, 0.6) is 0 Å². The quantitative estimate of drug-likeness (QED) is 0.251. The molecule has 0 fully saturated rings. The Balaban J connectivity index is 2.75. The highest BCUT2D eigenvalue weighted by Crippen LogP contribution is 1.87. The third kappa shape index (κ3) is 8.20. The minimum absolute atomic E-state index is 0.185. The van der Waals surface area contributed by atoms with E-state index in [1.54, 1.807) is 0 Å². The Morgan fingerprint density at radius 2 is 2.11 bits per heavy atom. The van der Waals surface area contributed by atoms with Crippen molar-refractivity contribution in [3.8, 4) is 0 Å². The molecular weight excluding hydrogens is 131 g/mol. The third-order valence-corrected chi connectivity index (χ3v) is 1.40. The molecule has 0 saturated carbocycles. The van der Waals surface area contributed by atoms with E-state index < -0.39 is 0 Å². The first-order chi connectivity index (χ1) is 4.27. The molecule has 0 aliphatic heterocycles. The van der Waals surface area contributed by atoms with Gasteiger partial charge in [0.2, 0.25) is 0 Å². The molecule has 0 N–H and O–H groups in total. The van der Waals surface area contributed by atoms with Crippen LogP contribution in [0.15, 0.2) is 0 Å². The van der Waals surface area contributed by atoms with Gasteiger partial charge in [0.15, 0.2) is 0 Å². The van der Waals surface area contributed by atoms with E-state index in [9.17, 15) is 0 Å². The molecule has 0 aromatic rings. The van der Waals surface area contributed by atoms with E-state index in [0.29, 0.717) is 0 Å². The summed E-state index contributed by atoms with van der Waals surface area (Å²) in [4.78, 5) is 9.69. The lowest BCUT2D eigenvalue weighted by molar-refractivity contribution is -0.207. The molecule has 0 saturated heterocycles. The minimum atomic E-state index is 0.185. The Hall–Kier alpha value is 0.202. The Bertz CT molecular complexity index is 60.9. The molecular formula is C5H13BO2Si. The highest BCUT2D eigenvalue weighted by atomic mass is 28.2. The number of hydrogen-bond acceptors (Lipinski definition) is 2. The second kappa shape index (κ2) is 6.32. The standard InChI is InChI=1S/C5H13BO2Si/c1-6(2)8-7-4-5-9-3/h4-5H2,1-3H3. The molecule has 0 unspecified atom stereocenters. The van der Waals surface area contributed by atoms with E-state index >= 15 is 0 Å². The highest BCUT2D eigenvalue weighted by molar-refractivity contribution is 6.48. The zero-order valence-corrected chi connectivity index (χ0v) is 7.31. The fourth-order valence-corrected chi connectivity index (χ4v) is 0.615. The van der Waals surface area contributed by atoms with Gasteiger partial charge in [-0.25, -0.2) is 0 Å². The van der Waals surface area contributed by atoms with Crippen molar-refractivity contribution in [2.45, 2.75) is 26.2 Å². The normalized spacial score (nSPS) is 9.67. The van der Waals surface area contributed by atoms with Gasteiger partial charge in [-0.15, -0.1) is 0 Å². The van der Waals surface area contributed by atoms with Gasteiger partial charge in [-0.2, -0.15) is 0 Å². The van der Waals surface area contributed by atoms with Gasteiger partial charge in [0.05, 0.1) is 6.61 Å². The van der Waals surface area contributed by atoms with Gasteiger partial charge in [0.25, 0.3) is 0 Å². The van der Waals surface area contributed by atoms with Crippen LogP contribution in [0.1, 0.15) is 0 Å². The van der Waals surface area contributed by atoms with Crippen LogP contribution in [0.2, 0.25) is 26.2 Å². The topological polar surface area (TPSA) is 18.5 Å². The molecule has 0 spiro atoms. The van der Waals surface area contributed by atoms with Gasteiger partial charge in [0, 0.05) is 9.52 Å². The number of hydrogen-bond donors (Lipinski definition) is 0. The molecule has 0 amide bonds. The van der Waals surface area contributed by atoms with E-state index in [4.69, 9.17) is 9.69 Å². The minimum Gasteiger partial charge on any atom is -0.306 e. The lowest BCUT2D eigenvalue weighted by Crippen LogP contribution is -2.09. The summed E-state index contributed by atoms with van der Waals surface area (Å²) in [6, 6.07) is 1.10. The van der Waals surface area contributed by atoms with Gasteiger partial charge in [-0.3, -0.25) is 4.89 Å². The Morgan fingerprint density at radius 3 is 2.56 bits per heavy atom. The van der Waals surface area contributed by atoms with Crippen molar-refractivity contribution >= 4 is 16.4 Å². The summed E-state index contributed by atoms with van der Waals surface area (Å²) in [6.07, 6.45) is 0. The average molecular weight is 144 g/mol. The van der Waals surface area contributed by atoms with Crippen molar-refractivity contribution in [1.29, 1.82) is 0 Å². The molecule has 2 radical (unpaired) electrons. The van der Waals surface area contributed by atoms with Crippen LogP contribution in [0.25, 0.3) is 0 Å². The van der Waals surface area contributed by atoms with E-state index in [-0.39, 0.29) is 6.92 Å². The molecule has 9 heavy (non-hydrogen) atoms. The molecule has 0 aromatic carbocycles. The van der Waals surface area contributed by atoms with Crippen LogP contribution in [0, 0.1) is 0 Å². The van der Waals surface area contributed by atoms with Gasteiger partial charge in [-0.05, 0) is 6.04 Å². The van der Waals surface area contributed by atoms with Crippen LogP contribution in [0.3, 0.4) is 0 Å². The maximum absolute atomic E-state index is 4.85. The van der Waals surface area contributed by atoms with E-state index in [2.05, 4.69) is 6.55 Å². The van der Waals surface area contributed by atoms with Crippen LogP contribution in [0.4, 0.5) is 0 Å². The van der Waals surface area contributed by atoms with Crippen LogP contribution in [-0.2, 0) is 9.69 Å². The highest BCUT2D eigenvalue weighted by Gasteiger charge is 1.98. The predicted molar refractivity (Wildman–Crippen MR) is 40.9 cm³/mol. The van der Waals surface area contributed by atoms with Gasteiger partial charge >= 0.3 is 6.92 Å². The monoisotopic (exact) mass is 144 g/mol. The average Bonchev–Trinajstić information content (AvgIpc) is 1.80. The second-order valence-electron chi connectivity index (χ2n) is 2.07. The van der Waals surface area contributed by atoms with E-state index in [1.165, 1.54) is 0 Å². The van der Waals surface area contributed by atoms with Crippen LogP contribution < -0.4 is 0 Å². The molecule has 0 heterocycles. The van der Waals surface area contributed by atoms with Crippen molar-refractivity contribution in [3.05, 3.63) is 0 Å². The van der Waals surface area contributed by atoms with E-state index in [1.807, 2.05) is 13.6 Å². The van der Waals surface area contributed by atoms with Crippen molar-refractivity contribution in [1.82, 2.24) is 0 Å². The lowest BCUT2D eigenvalue weighted by Gasteiger charge is -2.02. The summed E-state index contributed by atoms with van der Waals surface area (Å²) in [6.45, 7) is 6.97. The predicted octanol–water partition coefficient (Wildman–Crippen LogP) is 1.36. The zero-order chi connectivity index (χ0) is 7.11. The molecule has 0 aromatic heterocycles. The maximum Gasteiger partial charge on any atom is 0.334 e. The van der Waals surface area contributed by atoms with Crippen molar-refractivity contribution in [2.24, 2.45) is 0 Å².